The molecule has 0 radical (unpaired) electrons. The second-order valence-corrected chi connectivity index (χ2v) is 2.98. The number of hydrogen-bond donors (Lipinski definition) is 1. The number of rotatable bonds is 7. The summed E-state index contributed by atoms with van der Waals surface area (Å²) in [6.45, 7) is 0.675. The number of unbranched alkanes of at least 4 members (excludes halogenated alkanes) is 1. The minimum absolute atomic E-state index is 0.253. The maximum absolute atomic E-state index is 10.0. The van der Waals surface area contributed by atoms with E-state index in [0.717, 1.165) is 6.42 Å². The van der Waals surface area contributed by atoms with Gasteiger partial charge in [0.05, 0.1) is 5.94 Å². The zero-order valence-electron chi connectivity index (χ0n) is 6.71. The second kappa shape index (κ2) is 7.88. The Morgan fingerprint density at radius 1 is 1.55 bits per heavy atom. The van der Waals surface area contributed by atoms with Gasteiger partial charge in [-0.05, 0) is 19.1 Å². The molecule has 0 bridgehead atoms. The molecule has 0 aliphatic carbocycles. The van der Waals surface area contributed by atoms with Crippen molar-refractivity contribution in [3.05, 3.63) is 0 Å². The average molecular weight is 178 g/mol. The molecule has 11 heavy (non-hydrogen) atoms. The zero-order valence-corrected chi connectivity index (χ0v) is 7.52. The molecule has 0 saturated carbocycles. The van der Waals surface area contributed by atoms with Crippen molar-refractivity contribution in [1.82, 2.24) is 0 Å². The van der Waals surface area contributed by atoms with Gasteiger partial charge in [0.2, 0.25) is 0 Å². The number of carboxylic acid groups (broad SMARTS) is 1. The summed E-state index contributed by atoms with van der Waals surface area (Å²) in [6, 6.07) is 0. The molecule has 0 amide bonds. The molecule has 4 heteroatoms. The van der Waals surface area contributed by atoms with Crippen LogP contribution in [0.1, 0.15) is 19.3 Å². The predicted molar refractivity (Wildman–Crippen MR) is 45.8 cm³/mol. The molecule has 0 saturated heterocycles. The molecule has 66 valence electrons. The van der Waals surface area contributed by atoms with Crippen molar-refractivity contribution in [1.29, 1.82) is 0 Å². The number of thioether (sulfide) groups is 1. The van der Waals surface area contributed by atoms with Crippen molar-refractivity contribution in [3.63, 3.8) is 0 Å². The predicted octanol–water partition coefficient (Wildman–Crippen LogP) is 1.58. The first-order valence-electron chi connectivity index (χ1n) is 3.56. The third-order valence-electron chi connectivity index (χ3n) is 1.13. The summed E-state index contributed by atoms with van der Waals surface area (Å²) >= 11 is 1.63. The zero-order chi connectivity index (χ0) is 8.53. The van der Waals surface area contributed by atoms with Gasteiger partial charge in [-0.3, -0.25) is 4.79 Å². The van der Waals surface area contributed by atoms with E-state index in [0.29, 0.717) is 19.0 Å². The molecule has 0 aromatic heterocycles. The van der Waals surface area contributed by atoms with Crippen molar-refractivity contribution >= 4 is 17.7 Å². The highest BCUT2D eigenvalue weighted by Gasteiger charge is 1.95. The van der Waals surface area contributed by atoms with Crippen LogP contribution in [0.3, 0.4) is 0 Å². The van der Waals surface area contributed by atoms with Crippen LogP contribution in [0.4, 0.5) is 0 Å². The van der Waals surface area contributed by atoms with Crippen molar-refractivity contribution in [2.24, 2.45) is 0 Å². The highest BCUT2D eigenvalue weighted by atomic mass is 32.2. The van der Waals surface area contributed by atoms with E-state index >= 15 is 0 Å². The van der Waals surface area contributed by atoms with Gasteiger partial charge in [0.15, 0.2) is 0 Å². The summed E-state index contributed by atoms with van der Waals surface area (Å²) in [5.74, 6) is -0.0255. The van der Waals surface area contributed by atoms with E-state index in [4.69, 9.17) is 9.84 Å². The van der Waals surface area contributed by atoms with E-state index in [1.807, 2.05) is 6.26 Å². The molecule has 0 rings (SSSR count). The molecule has 0 aromatic rings. The van der Waals surface area contributed by atoms with E-state index in [1.165, 1.54) is 0 Å². The fourth-order valence-electron chi connectivity index (χ4n) is 0.623. The Morgan fingerprint density at radius 2 is 2.27 bits per heavy atom. The first kappa shape index (κ1) is 10.8. The highest BCUT2D eigenvalue weighted by Crippen LogP contribution is 1.98. The van der Waals surface area contributed by atoms with Crippen LogP contribution in [-0.2, 0) is 9.53 Å². The summed E-state index contributed by atoms with van der Waals surface area (Å²) in [5.41, 5.74) is 0. The summed E-state index contributed by atoms with van der Waals surface area (Å²) in [5, 5.41) is 8.27. The lowest BCUT2D eigenvalue weighted by molar-refractivity contribution is -0.137. The maximum atomic E-state index is 10.0. The lowest BCUT2D eigenvalue weighted by atomic mass is 10.2. The first-order valence-corrected chi connectivity index (χ1v) is 4.95. The Hall–Kier alpha value is -0.220. The molecule has 0 spiro atoms. The van der Waals surface area contributed by atoms with Crippen molar-refractivity contribution in [3.8, 4) is 0 Å². The van der Waals surface area contributed by atoms with E-state index in [2.05, 4.69) is 0 Å². The van der Waals surface area contributed by atoms with Crippen LogP contribution in [0.5, 0.6) is 0 Å². The topological polar surface area (TPSA) is 46.5 Å². The maximum Gasteiger partial charge on any atom is 0.303 e. The van der Waals surface area contributed by atoms with E-state index in [9.17, 15) is 4.79 Å². The third-order valence-corrected chi connectivity index (χ3v) is 1.53. The Labute approximate surface area is 71.1 Å². The lowest BCUT2D eigenvalue weighted by Gasteiger charge is -1.99. The summed E-state index contributed by atoms with van der Waals surface area (Å²) in [7, 11) is 0. The molecular weight excluding hydrogens is 164 g/mol. The van der Waals surface area contributed by atoms with Gasteiger partial charge in [-0.1, -0.05) is 0 Å². The van der Waals surface area contributed by atoms with Gasteiger partial charge in [0.1, 0.15) is 0 Å². The van der Waals surface area contributed by atoms with Crippen molar-refractivity contribution < 1.29 is 14.6 Å². The van der Waals surface area contributed by atoms with Gasteiger partial charge in [0, 0.05) is 13.0 Å². The average Bonchev–Trinajstić information content (AvgIpc) is 1.96. The van der Waals surface area contributed by atoms with Gasteiger partial charge in [-0.25, -0.2) is 0 Å². The molecule has 3 nitrogen and oxygen atoms in total. The van der Waals surface area contributed by atoms with E-state index in [1.54, 1.807) is 11.8 Å². The molecule has 0 atom stereocenters. The van der Waals surface area contributed by atoms with Gasteiger partial charge in [-0.2, -0.15) is 0 Å². The Balaban J connectivity index is 2.85. The minimum Gasteiger partial charge on any atom is -0.481 e. The molecule has 0 aliphatic heterocycles. The Morgan fingerprint density at radius 3 is 2.82 bits per heavy atom. The lowest BCUT2D eigenvalue weighted by Crippen LogP contribution is -1.97. The Kier molecular flexibility index (Phi) is 7.72. The summed E-state index contributed by atoms with van der Waals surface area (Å²) < 4.78 is 5.13. The quantitative estimate of drug-likeness (QED) is 0.475. The Bertz CT molecular complexity index is 106. The molecule has 0 unspecified atom stereocenters. The van der Waals surface area contributed by atoms with Gasteiger partial charge in [0.25, 0.3) is 0 Å². The van der Waals surface area contributed by atoms with E-state index in [-0.39, 0.29) is 6.42 Å². The van der Waals surface area contributed by atoms with Crippen molar-refractivity contribution in [2.75, 3.05) is 18.8 Å². The first-order chi connectivity index (χ1) is 5.27. The van der Waals surface area contributed by atoms with Gasteiger partial charge in [-0.15, -0.1) is 11.8 Å². The minimum atomic E-state index is -0.727. The summed E-state index contributed by atoms with van der Waals surface area (Å²) in [4.78, 5) is 10.0. The smallest absolute Gasteiger partial charge is 0.303 e. The van der Waals surface area contributed by atoms with Crippen LogP contribution in [0, 0.1) is 0 Å². The molecule has 0 fully saturated rings. The highest BCUT2D eigenvalue weighted by molar-refractivity contribution is 7.98. The molecule has 1 N–H and O–H groups in total. The van der Waals surface area contributed by atoms with Crippen LogP contribution in [0.25, 0.3) is 0 Å². The van der Waals surface area contributed by atoms with Crippen LogP contribution in [0.2, 0.25) is 0 Å². The summed E-state index contributed by atoms with van der Waals surface area (Å²) in [6.07, 6.45) is 3.77. The number of carboxylic acids is 1. The third kappa shape index (κ3) is 9.78. The van der Waals surface area contributed by atoms with Crippen LogP contribution >= 0.6 is 11.8 Å². The molecular formula is C7H14O3S. The normalized spacial score (nSPS) is 9.91. The van der Waals surface area contributed by atoms with E-state index < -0.39 is 5.97 Å². The number of aliphatic carboxylic acids is 1. The van der Waals surface area contributed by atoms with Crippen LogP contribution in [-0.4, -0.2) is 29.9 Å². The number of hydrogen-bond acceptors (Lipinski definition) is 3. The molecule has 0 heterocycles. The standard InChI is InChI=1S/C7H14O3S/c1-11-6-10-5-3-2-4-7(8)9/h2-6H2,1H3,(H,8,9). The van der Waals surface area contributed by atoms with Gasteiger partial charge < -0.3 is 9.84 Å². The number of ether oxygens (including phenoxy) is 1. The fraction of sp³-hybridized carbons (Fsp3) is 0.857. The SMILES string of the molecule is CSCOCCCCC(=O)O. The fourth-order valence-corrected chi connectivity index (χ4v) is 0.907. The van der Waals surface area contributed by atoms with Gasteiger partial charge >= 0.3 is 5.97 Å². The molecule has 0 aromatic carbocycles. The van der Waals surface area contributed by atoms with Crippen molar-refractivity contribution in [2.45, 2.75) is 19.3 Å². The monoisotopic (exact) mass is 178 g/mol. The second-order valence-electron chi connectivity index (χ2n) is 2.17. The van der Waals surface area contributed by atoms with Crippen LogP contribution < -0.4 is 0 Å². The number of carbonyl (C=O) groups is 1. The molecule has 0 aliphatic rings. The van der Waals surface area contributed by atoms with Crippen LogP contribution in [0.15, 0.2) is 0 Å². The largest absolute Gasteiger partial charge is 0.481 e.